The highest BCUT2D eigenvalue weighted by Gasteiger charge is 2.47. The van der Waals surface area contributed by atoms with E-state index in [9.17, 15) is 4.79 Å². The first-order valence-corrected chi connectivity index (χ1v) is 8.02. The maximum Gasteiger partial charge on any atom is 0.331 e. The number of hydrogen-bond donors (Lipinski definition) is 0. The molecule has 0 aromatic heterocycles. The molecule has 1 aromatic carbocycles. The van der Waals surface area contributed by atoms with E-state index >= 15 is 0 Å². The van der Waals surface area contributed by atoms with Crippen LogP contribution in [0.5, 0.6) is 5.75 Å². The zero-order chi connectivity index (χ0) is 16.2. The third kappa shape index (κ3) is 3.74. The lowest BCUT2D eigenvalue weighted by atomic mass is 10.0. The Morgan fingerprint density at radius 2 is 1.96 bits per heavy atom. The Hall–Kier alpha value is -1.85. The Kier molecular flexibility index (Phi) is 4.98. The van der Waals surface area contributed by atoms with Gasteiger partial charge in [0.1, 0.15) is 11.9 Å². The maximum atomic E-state index is 12.0. The van der Waals surface area contributed by atoms with Crippen molar-refractivity contribution in [1.29, 1.82) is 0 Å². The van der Waals surface area contributed by atoms with Gasteiger partial charge in [0, 0.05) is 12.0 Å². The van der Waals surface area contributed by atoms with Gasteiger partial charge in [0.25, 0.3) is 0 Å². The molecule has 5 heteroatoms. The quantitative estimate of drug-likeness (QED) is 0.616. The van der Waals surface area contributed by atoms with Crippen LogP contribution in [-0.4, -0.2) is 44.1 Å². The van der Waals surface area contributed by atoms with Gasteiger partial charge in [0.15, 0.2) is 6.10 Å². The van der Waals surface area contributed by atoms with E-state index in [-0.39, 0.29) is 24.3 Å². The van der Waals surface area contributed by atoms with Gasteiger partial charge in [-0.1, -0.05) is 19.1 Å². The summed E-state index contributed by atoms with van der Waals surface area (Å²) in [6.07, 6.45) is 2.75. The normalized spacial score (nSPS) is 29.7. The first-order valence-electron chi connectivity index (χ1n) is 8.02. The van der Waals surface area contributed by atoms with Gasteiger partial charge in [0.2, 0.25) is 0 Å². The second-order valence-electron chi connectivity index (χ2n) is 5.88. The summed E-state index contributed by atoms with van der Waals surface area (Å²) >= 11 is 0. The fourth-order valence-corrected chi connectivity index (χ4v) is 2.95. The zero-order valence-corrected chi connectivity index (χ0v) is 13.4. The van der Waals surface area contributed by atoms with E-state index < -0.39 is 0 Å². The maximum absolute atomic E-state index is 12.0. The Balaban J connectivity index is 1.53. The highest BCUT2D eigenvalue weighted by molar-refractivity contribution is 5.87. The summed E-state index contributed by atoms with van der Waals surface area (Å²) in [7, 11) is 0. The lowest BCUT2D eigenvalue weighted by Gasteiger charge is -2.15. The number of hydrogen-bond acceptors (Lipinski definition) is 5. The molecule has 2 heterocycles. The van der Waals surface area contributed by atoms with Crippen molar-refractivity contribution in [3.8, 4) is 5.75 Å². The van der Waals surface area contributed by atoms with E-state index in [0.29, 0.717) is 25.7 Å². The van der Waals surface area contributed by atoms with Crippen LogP contribution in [0.3, 0.4) is 0 Å². The molecule has 0 unspecified atom stereocenters. The average molecular weight is 318 g/mol. The third-order valence-corrected chi connectivity index (χ3v) is 4.13. The summed E-state index contributed by atoms with van der Waals surface area (Å²) in [4.78, 5) is 12.0. The van der Waals surface area contributed by atoms with Crippen molar-refractivity contribution in [2.24, 2.45) is 5.92 Å². The molecule has 2 aliphatic rings. The Bertz CT molecular complexity index is 565. The molecule has 2 aliphatic heterocycles. The van der Waals surface area contributed by atoms with Gasteiger partial charge in [0.05, 0.1) is 25.9 Å². The molecule has 2 saturated heterocycles. The topological polar surface area (TPSA) is 54.0 Å². The second-order valence-corrected chi connectivity index (χ2v) is 5.88. The first-order chi connectivity index (χ1) is 11.2. The molecule has 0 radical (unpaired) electrons. The van der Waals surface area contributed by atoms with Gasteiger partial charge >= 0.3 is 5.97 Å². The van der Waals surface area contributed by atoms with E-state index in [0.717, 1.165) is 11.3 Å². The highest BCUT2D eigenvalue weighted by atomic mass is 16.6. The minimum Gasteiger partial charge on any atom is -0.494 e. The molecule has 1 aromatic rings. The predicted molar refractivity (Wildman–Crippen MR) is 85.2 cm³/mol. The number of fused-ring (bicyclic) bond motifs is 1. The van der Waals surface area contributed by atoms with E-state index in [2.05, 4.69) is 6.92 Å². The van der Waals surface area contributed by atoms with Crippen molar-refractivity contribution in [1.82, 2.24) is 0 Å². The van der Waals surface area contributed by atoms with Crippen LogP contribution in [0.15, 0.2) is 30.3 Å². The molecule has 5 nitrogen and oxygen atoms in total. The van der Waals surface area contributed by atoms with Crippen LogP contribution in [0, 0.1) is 5.92 Å². The van der Waals surface area contributed by atoms with Gasteiger partial charge in [-0.15, -0.1) is 0 Å². The molecule has 3 rings (SSSR count). The van der Waals surface area contributed by atoms with Crippen LogP contribution in [0.4, 0.5) is 0 Å². The molecule has 23 heavy (non-hydrogen) atoms. The average Bonchev–Trinajstić information content (AvgIpc) is 3.11. The Morgan fingerprint density at radius 3 is 2.70 bits per heavy atom. The van der Waals surface area contributed by atoms with Gasteiger partial charge in [-0.25, -0.2) is 4.79 Å². The molecule has 4 atom stereocenters. The molecule has 0 bridgehead atoms. The van der Waals surface area contributed by atoms with Crippen LogP contribution < -0.4 is 4.74 Å². The van der Waals surface area contributed by atoms with E-state index in [1.165, 1.54) is 6.08 Å². The van der Waals surface area contributed by atoms with Crippen molar-refractivity contribution in [2.45, 2.75) is 32.2 Å². The van der Waals surface area contributed by atoms with Crippen LogP contribution >= 0.6 is 0 Å². The van der Waals surface area contributed by atoms with Gasteiger partial charge in [-0.3, -0.25) is 0 Å². The summed E-state index contributed by atoms with van der Waals surface area (Å²) < 4.78 is 22.2. The largest absolute Gasteiger partial charge is 0.494 e. The monoisotopic (exact) mass is 318 g/mol. The summed E-state index contributed by atoms with van der Waals surface area (Å²) in [6.45, 7) is 5.72. The van der Waals surface area contributed by atoms with Crippen LogP contribution in [0.1, 0.15) is 19.4 Å². The lowest BCUT2D eigenvalue weighted by Crippen LogP contribution is -2.32. The van der Waals surface area contributed by atoms with Crippen molar-refractivity contribution < 1.29 is 23.7 Å². The standard InChI is InChI=1S/C18H22O5/c1-3-20-14-7-4-13(5-8-14)6-9-16(19)23-15-11-22-17-12(2)10-21-18(15)17/h4-9,12,15,17-18H,3,10-11H2,1-2H3/b9-6+/t12-,15-,17-,18-/m1/s1. The fraction of sp³-hybridized carbons (Fsp3) is 0.500. The van der Waals surface area contributed by atoms with E-state index in [4.69, 9.17) is 18.9 Å². The highest BCUT2D eigenvalue weighted by Crippen LogP contribution is 2.32. The number of rotatable bonds is 5. The van der Waals surface area contributed by atoms with E-state index in [1.54, 1.807) is 6.08 Å². The Labute approximate surface area is 136 Å². The Morgan fingerprint density at radius 1 is 1.22 bits per heavy atom. The number of benzene rings is 1. The van der Waals surface area contributed by atoms with Crippen LogP contribution in [-0.2, 0) is 19.0 Å². The summed E-state index contributed by atoms with van der Waals surface area (Å²) in [5.74, 6) is 0.785. The molecule has 124 valence electrons. The smallest absolute Gasteiger partial charge is 0.331 e. The third-order valence-electron chi connectivity index (χ3n) is 4.13. The SMILES string of the molecule is CCOc1ccc(/C=C/C(=O)O[C@@H]2CO[C@H]3[C@@H]2OC[C@H]3C)cc1. The lowest BCUT2D eigenvalue weighted by molar-refractivity contribution is -0.147. The molecule has 0 N–H and O–H groups in total. The minimum atomic E-state index is -0.378. The molecular formula is C18H22O5. The zero-order valence-electron chi connectivity index (χ0n) is 13.4. The number of carbonyl (C=O) groups excluding carboxylic acids is 1. The number of carbonyl (C=O) groups is 1. The number of ether oxygens (including phenoxy) is 4. The van der Waals surface area contributed by atoms with Crippen LogP contribution in [0.25, 0.3) is 6.08 Å². The van der Waals surface area contributed by atoms with Crippen LogP contribution in [0.2, 0.25) is 0 Å². The molecule has 0 aliphatic carbocycles. The van der Waals surface area contributed by atoms with Gasteiger partial charge in [-0.05, 0) is 30.7 Å². The first kappa shape index (κ1) is 16.0. The van der Waals surface area contributed by atoms with Crippen molar-refractivity contribution >= 4 is 12.0 Å². The minimum absolute atomic E-state index is 0.0443. The van der Waals surface area contributed by atoms with Gasteiger partial charge in [-0.2, -0.15) is 0 Å². The molecule has 0 spiro atoms. The van der Waals surface area contributed by atoms with E-state index in [1.807, 2.05) is 31.2 Å². The molecule has 2 fully saturated rings. The summed E-state index contributed by atoms with van der Waals surface area (Å²) in [6, 6.07) is 7.53. The van der Waals surface area contributed by atoms with Crippen molar-refractivity contribution in [3.63, 3.8) is 0 Å². The predicted octanol–water partition coefficient (Wildman–Crippen LogP) is 2.44. The summed E-state index contributed by atoms with van der Waals surface area (Å²) in [5, 5.41) is 0. The van der Waals surface area contributed by atoms with Crippen molar-refractivity contribution in [3.05, 3.63) is 35.9 Å². The molecule has 0 amide bonds. The molecular weight excluding hydrogens is 296 g/mol. The summed E-state index contributed by atoms with van der Waals surface area (Å²) in [5.41, 5.74) is 0.914. The molecule has 0 saturated carbocycles. The number of esters is 1. The fourth-order valence-electron chi connectivity index (χ4n) is 2.95. The second kappa shape index (κ2) is 7.15. The van der Waals surface area contributed by atoms with Crippen molar-refractivity contribution in [2.75, 3.05) is 19.8 Å². The van der Waals surface area contributed by atoms with Gasteiger partial charge < -0.3 is 18.9 Å².